The van der Waals surface area contributed by atoms with Crippen LogP contribution in [0.5, 0.6) is 0 Å². The zero-order valence-electron chi connectivity index (χ0n) is 9.34. The Labute approximate surface area is 103 Å². The maximum absolute atomic E-state index is 4.17. The summed E-state index contributed by atoms with van der Waals surface area (Å²) in [5.74, 6) is 0. The zero-order chi connectivity index (χ0) is 11.7. The van der Waals surface area contributed by atoms with E-state index < -0.39 is 0 Å². The summed E-state index contributed by atoms with van der Waals surface area (Å²) in [6.45, 7) is 0. The van der Waals surface area contributed by atoms with E-state index in [1.54, 1.807) is 11.3 Å². The fraction of sp³-hybridized carbons (Fsp3) is 0.0769. The second kappa shape index (κ2) is 4.14. The van der Waals surface area contributed by atoms with Crippen molar-refractivity contribution in [3.05, 3.63) is 42.5 Å². The van der Waals surface area contributed by atoms with Crippen molar-refractivity contribution in [2.45, 2.75) is 0 Å². The molecule has 0 atom stereocenters. The maximum atomic E-state index is 4.17. The van der Waals surface area contributed by atoms with Gasteiger partial charge in [-0.1, -0.05) is 47.7 Å². The Morgan fingerprint density at radius 3 is 2.59 bits per heavy atom. The van der Waals surface area contributed by atoms with E-state index >= 15 is 0 Å². The molecular formula is C13H11N3S. The lowest BCUT2D eigenvalue weighted by Gasteiger charge is -1.99. The number of fused-ring (bicyclic) bond motifs is 1. The smallest absolute Gasteiger partial charge is 0.205 e. The number of anilines is 1. The lowest BCUT2D eigenvalue weighted by atomic mass is 10.1. The molecule has 3 rings (SSSR count). The number of benzene rings is 2. The van der Waals surface area contributed by atoms with Gasteiger partial charge in [0.1, 0.15) is 5.01 Å². The summed E-state index contributed by atoms with van der Waals surface area (Å²) in [6, 6.07) is 14.7. The Balaban J connectivity index is 2.11. The highest BCUT2D eigenvalue weighted by Crippen LogP contribution is 2.28. The van der Waals surface area contributed by atoms with E-state index in [1.807, 2.05) is 19.2 Å². The summed E-state index contributed by atoms with van der Waals surface area (Å²) in [5.41, 5.74) is 1.11. The van der Waals surface area contributed by atoms with Crippen LogP contribution in [0.2, 0.25) is 0 Å². The van der Waals surface area contributed by atoms with Crippen LogP contribution in [0.1, 0.15) is 0 Å². The average Bonchev–Trinajstić information content (AvgIpc) is 2.87. The molecule has 0 aliphatic carbocycles. The monoisotopic (exact) mass is 241 g/mol. The summed E-state index contributed by atoms with van der Waals surface area (Å²) in [6.07, 6.45) is 0. The average molecular weight is 241 g/mol. The Kier molecular flexibility index (Phi) is 2.49. The van der Waals surface area contributed by atoms with E-state index in [0.717, 1.165) is 15.7 Å². The SMILES string of the molecule is CNc1nnc(-c2ccc3ccccc3c2)s1. The van der Waals surface area contributed by atoms with Crippen LogP contribution in [0.15, 0.2) is 42.5 Å². The third-order valence-corrected chi connectivity index (χ3v) is 3.63. The molecule has 3 aromatic rings. The van der Waals surface area contributed by atoms with Gasteiger partial charge in [-0.2, -0.15) is 0 Å². The van der Waals surface area contributed by atoms with Gasteiger partial charge < -0.3 is 5.32 Å². The van der Waals surface area contributed by atoms with E-state index in [0.29, 0.717) is 0 Å². The highest BCUT2D eigenvalue weighted by atomic mass is 32.1. The lowest BCUT2D eigenvalue weighted by molar-refractivity contribution is 1.09. The Hall–Kier alpha value is -1.94. The molecule has 0 amide bonds. The summed E-state index contributed by atoms with van der Waals surface area (Å²) >= 11 is 1.56. The third kappa shape index (κ3) is 1.87. The summed E-state index contributed by atoms with van der Waals surface area (Å²) in [4.78, 5) is 0. The second-order valence-electron chi connectivity index (χ2n) is 3.72. The van der Waals surface area contributed by atoms with Crippen molar-refractivity contribution in [3.63, 3.8) is 0 Å². The minimum atomic E-state index is 0.841. The van der Waals surface area contributed by atoms with Crippen LogP contribution in [-0.4, -0.2) is 17.2 Å². The van der Waals surface area contributed by atoms with Crippen molar-refractivity contribution in [3.8, 4) is 10.6 Å². The van der Waals surface area contributed by atoms with E-state index in [2.05, 4.69) is 45.8 Å². The second-order valence-corrected chi connectivity index (χ2v) is 4.70. The highest BCUT2D eigenvalue weighted by molar-refractivity contribution is 7.18. The predicted molar refractivity (Wildman–Crippen MR) is 72.4 cm³/mol. The number of hydrogen-bond acceptors (Lipinski definition) is 4. The first kappa shape index (κ1) is 10.2. The number of aromatic nitrogens is 2. The third-order valence-electron chi connectivity index (χ3n) is 2.64. The quantitative estimate of drug-likeness (QED) is 0.747. The molecule has 84 valence electrons. The normalized spacial score (nSPS) is 10.6. The minimum absolute atomic E-state index is 0.841. The Morgan fingerprint density at radius 2 is 1.82 bits per heavy atom. The van der Waals surface area contributed by atoms with E-state index in [4.69, 9.17) is 0 Å². The van der Waals surface area contributed by atoms with Gasteiger partial charge in [0.25, 0.3) is 0 Å². The molecule has 0 fully saturated rings. The predicted octanol–water partition coefficient (Wildman–Crippen LogP) is 3.40. The first-order valence-corrected chi connectivity index (χ1v) is 6.19. The molecule has 0 radical (unpaired) electrons. The lowest BCUT2D eigenvalue weighted by Crippen LogP contribution is -1.84. The van der Waals surface area contributed by atoms with Crippen molar-refractivity contribution >= 4 is 27.2 Å². The molecule has 1 aromatic heterocycles. The molecule has 3 nitrogen and oxygen atoms in total. The van der Waals surface area contributed by atoms with E-state index in [1.165, 1.54) is 10.8 Å². The molecule has 0 aliphatic heterocycles. The van der Waals surface area contributed by atoms with Crippen LogP contribution in [0.4, 0.5) is 5.13 Å². The van der Waals surface area contributed by atoms with Crippen LogP contribution >= 0.6 is 11.3 Å². The van der Waals surface area contributed by atoms with Gasteiger partial charge in [0, 0.05) is 12.6 Å². The maximum Gasteiger partial charge on any atom is 0.205 e. The molecular weight excluding hydrogens is 230 g/mol. The van der Waals surface area contributed by atoms with Gasteiger partial charge in [0.15, 0.2) is 0 Å². The molecule has 2 aromatic carbocycles. The molecule has 0 bridgehead atoms. The van der Waals surface area contributed by atoms with Crippen LogP contribution in [0.25, 0.3) is 21.3 Å². The van der Waals surface area contributed by atoms with Gasteiger partial charge in [0.05, 0.1) is 0 Å². The fourth-order valence-electron chi connectivity index (χ4n) is 1.76. The topological polar surface area (TPSA) is 37.8 Å². The van der Waals surface area contributed by atoms with Crippen LogP contribution in [-0.2, 0) is 0 Å². The molecule has 0 unspecified atom stereocenters. The molecule has 0 saturated heterocycles. The van der Waals surface area contributed by atoms with Gasteiger partial charge in [-0.3, -0.25) is 0 Å². The largest absolute Gasteiger partial charge is 0.363 e. The first-order chi connectivity index (χ1) is 8.36. The van der Waals surface area contributed by atoms with Crippen LogP contribution in [0.3, 0.4) is 0 Å². The van der Waals surface area contributed by atoms with Gasteiger partial charge in [-0.15, -0.1) is 10.2 Å². The molecule has 1 heterocycles. The standard InChI is InChI=1S/C13H11N3S/c1-14-13-16-15-12(17-13)11-7-6-9-4-2-3-5-10(9)8-11/h2-8H,1H3,(H,14,16). The van der Waals surface area contributed by atoms with Crippen molar-refractivity contribution in [2.24, 2.45) is 0 Å². The van der Waals surface area contributed by atoms with Gasteiger partial charge in [-0.25, -0.2) is 0 Å². The molecule has 0 aliphatic rings. The number of nitrogens with zero attached hydrogens (tertiary/aromatic N) is 2. The summed E-state index contributed by atoms with van der Waals surface area (Å²) in [5, 5.41) is 15.5. The molecule has 1 N–H and O–H groups in total. The van der Waals surface area contributed by atoms with Gasteiger partial charge in [0.2, 0.25) is 5.13 Å². The number of nitrogens with one attached hydrogen (secondary N) is 1. The van der Waals surface area contributed by atoms with E-state index in [-0.39, 0.29) is 0 Å². The van der Waals surface area contributed by atoms with Gasteiger partial charge in [-0.05, 0) is 16.8 Å². The molecule has 17 heavy (non-hydrogen) atoms. The van der Waals surface area contributed by atoms with Crippen molar-refractivity contribution in [1.82, 2.24) is 10.2 Å². The van der Waals surface area contributed by atoms with Gasteiger partial charge >= 0.3 is 0 Å². The first-order valence-electron chi connectivity index (χ1n) is 5.37. The van der Waals surface area contributed by atoms with Crippen molar-refractivity contribution < 1.29 is 0 Å². The summed E-state index contributed by atoms with van der Waals surface area (Å²) < 4.78 is 0. The van der Waals surface area contributed by atoms with E-state index in [9.17, 15) is 0 Å². The molecule has 0 spiro atoms. The highest BCUT2D eigenvalue weighted by Gasteiger charge is 2.05. The molecule has 0 saturated carbocycles. The Morgan fingerprint density at radius 1 is 1.00 bits per heavy atom. The van der Waals surface area contributed by atoms with Crippen LogP contribution in [0, 0.1) is 0 Å². The minimum Gasteiger partial charge on any atom is -0.363 e. The summed E-state index contributed by atoms with van der Waals surface area (Å²) in [7, 11) is 1.85. The van der Waals surface area contributed by atoms with Crippen molar-refractivity contribution in [1.29, 1.82) is 0 Å². The van der Waals surface area contributed by atoms with Crippen molar-refractivity contribution in [2.75, 3.05) is 12.4 Å². The zero-order valence-corrected chi connectivity index (χ0v) is 10.2. The number of hydrogen-bond donors (Lipinski definition) is 1. The fourth-order valence-corrected chi connectivity index (χ4v) is 2.46. The number of rotatable bonds is 2. The molecule has 4 heteroatoms. The van der Waals surface area contributed by atoms with Crippen LogP contribution < -0.4 is 5.32 Å². The Bertz CT molecular complexity index is 660.